The average Bonchev–Trinajstić information content (AvgIpc) is 3.09. The number of carbonyl (C=O) groups is 1. The summed E-state index contributed by atoms with van der Waals surface area (Å²) >= 11 is 7.23. The lowest BCUT2D eigenvalue weighted by molar-refractivity contribution is -0.120. The number of aromatic nitrogens is 4. The van der Waals surface area contributed by atoms with Crippen molar-refractivity contribution in [3.05, 3.63) is 51.8 Å². The maximum atomic E-state index is 12.5. The molecular weight excluding hydrogens is 406 g/mol. The third-order valence-electron chi connectivity index (χ3n) is 4.84. The summed E-state index contributed by atoms with van der Waals surface area (Å²) in [5.41, 5.74) is 4.30. The third kappa shape index (κ3) is 5.28. The minimum absolute atomic E-state index is 0.0618. The molecule has 29 heavy (non-hydrogen) atoms. The minimum Gasteiger partial charge on any atom is -0.351 e. The van der Waals surface area contributed by atoms with Crippen molar-refractivity contribution in [2.24, 2.45) is 0 Å². The van der Waals surface area contributed by atoms with E-state index in [1.807, 2.05) is 38.1 Å². The molecule has 0 saturated carbocycles. The van der Waals surface area contributed by atoms with Crippen LogP contribution >= 0.6 is 23.4 Å². The van der Waals surface area contributed by atoms with Crippen LogP contribution in [0.1, 0.15) is 49.2 Å². The van der Waals surface area contributed by atoms with Gasteiger partial charge in [0.05, 0.1) is 5.25 Å². The molecule has 0 radical (unpaired) electrons. The van der Waals surface area contributed by atoms with E-state index in [2.05, 4.69) is 34.2 Å². The van der Waals surface area contributed by atoms with Crippen LogP contribution in [0, 0.1) is 13.8 Å². The standard InChI is InChI=1S/C21H26ClN5OS/c1-5-6-7-18-13(2)24-20-25-21(26-27(20)14(18)3)29-15(4)19(28)23-12-16-8-10-17(22)11-9-16/h8-11,15H,5-7,12H2,1-4H3,(H,23,28). The second-order valence-electron chi connectivity index (χ2n) is 7.08. The molecule has 0 spiro atoms. The zero-order chi connectivity index (χ0) is 21.0. The second-order valence-corrected chi connectivity index (χ2v) is 8.82. The fraction of sp³-hybridized carbons (Fsp3) is 0.429. The van der Waals surface area contributed by atoms with Crippen molar-refractivity contribution < 1.29 is 4.79 Å². The van der Waals surface area contributed by atoms with Crippen molar-refractivity contribution in [1.29, 1.82) is 0 Å². The number of carbonyl (C=O) groups excluding carboxylic acids is 1. The van der Waals surface area contributed by atoms with Crippen LogP contribution in [0.15, 0.2) is 29.4 Å². The molecular formula is C21H26ClN5OS. The number of hydrogen-bond acceptors (Lipinski definition) is 5. The predicted molar refractivity (Wildman–Crippen MR) is 117 cm³/mol. The van der Waals surface area contributed by atoms with Crippen LogP contribution in [0.5, 0.6) is 0 Å². The number of nitrogens with one attached hydrogen (secondary N) is 1. The van der Waals surface area contributed by atoms with Crippen LogP contribution in [0.25, 0.3) is 5.78 Å². The summed E-state index contributed by atoms with van der Waals surface area (Å²) in [7, 11) is 0. The molecule has 1 amide bonds. The lowest BCUT2D eigenvalue weighted by Crippen LogP contribution is -2.30. The van der Waals surface area contributed by atoms with Crippen molar-refractivity contribution in [2.75, 3.05) is 0 Å². The summed E-state index contributed by atoms with van der Waals surface area (Å²) in [4.78, 5) is 21.6. The van der Waals surface area contributed by atoms with Crippen molar-refractivity contribution in [1.82, 2.24) is 24.9 Å². The first kappa shape index (κ1) is 21.6. The smallest absolute Gasteiger partial charge is 0.253 e. The van der Waals surface area contributed by atoms with Gasteiger partial charge >= 0.3 is 0 Å². The minimum atomic E-state index is -0.319. The number of fused-ring (bicyclic) bond motifs is 1. The quantitative estimate of drug-likeness (QED) is 0.530. The number of unbranched alkanes of at least 4 members (excludes halogenated alkanes) is 1. The fourth-order valence-electron chi connectivity index (χ4n) is 3.10. The molecule has 1 atom stereocenters. The number of nitrogens with zero attached hydrogens (tertiary/aromatic N) is 4. The molecule has 3 rings (SSSR count). The summed E-state index contributed by atoms with van der Waals surface area (Å²) in [6, 6.07) is 7.43. The largest absolute Gasteiger partial charge is 0.351 e. The van der Waals surface area contributed by atoms with E-state index in [0.29, 0.717) is 22.5 Å². The monoisotopic (exact) mass is 431 g/mol. The summed E-state index contributed by atoms with van der Waals surface area (Å²) in [6.07, 6.45) is 3.25. The molecule has 8 heteroatoms. The number of hydrogen-bond donors (Lipinski definition) is 1. The van der Waals surface area contributed by atoms with E-state index < -0.39 is 0 Å². The van der Waals surface area contributed by atoms with Crippen LogP contribution in [-0.2, 0) is 17.8 Å². The van der Waals surface area contributed by atoms with Gasteiger partial charge in [-0.1, -0.05) is 48.8 Å². The molecule has 2 aromatic heterocycles. The van der Waals surface area contributed by atoms with Crippen molar-refractivity contribution in [3.8, 4) is 0 Å². The molecule has 0 fully saturated rings. The second kappa shape index (κ2) is 9.59. The van der Waals surface area contributed by atoms with Crippen LogP contribution < -0.4 is 5.32 Å². The third-order valence-corrected chi connectivity index (χ3v) is 6.04. The number of amides is 1. The Morgan fingerprint density at radius 1 is 1.24 bits per heavy atom. The summed E-state index contributed by atoms with van der Waals surface area (Å²) in [5, 5.41) is 8.45. The zero-order valence-electron chi connectivity index (χ0n) is 17.2. The Balaban J connectivity index is 1.67. The molecule has 3 aromatic rings. The number of benzene rings is 1. The maximum Gasteiger partial charge on any atom is 0.253 e. The Bertz CT molecular complexity index is 1000. The first-order valence-corrected chi connectivity index (χ1v) is 11.1. The van der Waals surface area contributed by atoms with Gasteiger partial charge in [0, 0.05) is 23.0 Å². The molecule has 154 valence electrons. The highest BCUT2D eigenvalue weighted by molar-refractivity contribution is 8.00. The number of rotatable bonds is 8. The van der Waals surface area contributed by atoms with Crippen molar-refractivity contribution >= 4 is 35.0 Å². The van der Waals surface area contributed by atoms with Crippen LogP contribution in [0.4, 0.5) is 0 Å². The van der Waals surface area contributed by atoms with Crippen LogP contribution in [-0.4, -0.2) is 30.7 Å². The summed E-state index contributed by atoms with van der Waals surface area (Å²) in [5.74, 6) is 0.518. The van der Waals surface area contributed by atoms with Crippen molar-refractivity contribution in [3.63, 3.8) is 0 Å². The van der Waals surface area contributed by atoms with Gasteiger partial charge in [0.1, 0.15) is 0 Å². The molecule has 0 aliphatic rings. The topological polar surface area (TPSA) is 72.2 Å². The first-order valence-electron chi connectivity index (χ1n) is 9.80. The molecule has 6 nitrogen and oxygen atoms in total. The lowest BCUT2D eigenvalue weighted by atomic mass is 10.1. The molecule has 2 heterocycles. The van der Waals surface area contributed by atoms with E-state index in [-0.39, 0.29) is 11.2 Å². The Hall–Kier alpha value is -2.12. The lowest BCUT2D eigenvalue weighted by Gasteiger charge is -2.10. The molecule has 1 aromatic carbocycles. The van der Waals surface area contributed by atoms with E-state index >= 15 is 0 Å². The average molecular weight is 432 g/mol. The molecule has 0 bridgehead atoms. The zero-order valence-corrected chi connectivity index (χ0v) is 18.8. The highest BCUT2D eigenvalue weighted by Crippen LogP contribution is 2.23. The van der Waals surface area contributed by atoms with Gasteiger partial charge in [-0.05, 0) is 56.9 Å². The Morgan fingerprint density at radius 2 is 1.97 bits per heavy atom. The van der Waals surface area contributed by atoms with Crippen LogP contribution in [0.3, 0.4) is 0 Å². The van der Waals surface area contributed by atoms with Crippen LogP contribution in [0.2, 0.25) is 5.02 Å². The molecule has 0 saturated heterocycles. The van der Waals surface area contributed by atoms with E-state index in [1.54, 1.807) is 4.52 Å². The fourth-order valence-corrected chi connectivity index (χ4v) is 4.00. The number of aryl methyl sites for hydroxylation is 2. The van der Waals surface area contributed by atoms with Gasteiger partial charge in [-0.15, -0.1) is 5.10 Å². The summed E-state index contributed by atoms with van der Waals surface area (Å²) < 4.78 is 1.79. The van der Waals surface area contributed by atoms with Gasteiger partial charge in [-0.25, -0.2) is 9.50 Å². The van der Waals surface area contributed by atoms with Gasteiger partial charge in [-0.3, -0.25) is 4.79 Å². The van der Waals surface area contributed by atoms with Gasteiger partial charge in [0.2, 0.25) is 11.1 Å². The van der Waals surface area contributed by atoms with E-state index in [0.717, 1.165) is 36.2 Å². The van der Waals surface area contributed by atoms with Gasteiger partial charge in [-0.2, -0.15) is 4.98 Å². The highest BCUT2D eigenvalue weighted by atomic mass is 35.5. The molecule has 1 unspecified atom stereocenters. The molecule has 1 N–H and O–H groups in total. The predicted octanol–water partition coefficient (Wildman–Crippen LogP) is 4.53. The first-order chi connectivity index (χ1) is 13.9. The van der Waals surface area contributed by atoms with E-state index in [1.165, 1.54) is 17.3 Å². The van der Waals surface area contributed by atoms with Crippen molar-refractivity contribution in [2.45, 2.75) is 63.9 Å². The maximum absolute atomic E-state index is 12.5. The Morgan fingerprint density at radius 3 is 2.66 bits per heavy atom. The summed E-state index contributed by atoms with van der Waals surface area (Å²) in [6.45, 7) is 8.57. The Labute approximate surface area is 180 Å². The highest BCUT2D eigenvalue weighted by Gasteiger charge is 2.19. The van der Waals surface area contributed by atoms with E-state index in [4.69, 9.17) is 11.6 Å². The van der Waals surface area contributed by atoms with Gasteiger partial charge in [0.25, 0.3) is 5.78 Å². The van der Waals surface area contributed by atoms with Gasteiger partial charge in [0.15, 0.2) is 0 Å². The molecule has 0 aliphatic carbocycles. The number of thioether (sulfide) groups is 1. The normalized spacial score (nSPS) is 12.3. The SMILES string of the molecule is CCCCc1c(C)nc2nc(SC(C)C(=O)NCc3ccc(Cl)cc3)nn2c1C. The Kier molecular flexibility index (Phi) is 7.14. The molecule has 0 aliphatic heterocycles. The van der Waals surface area contributed by atoms with Gasteiger partial charge < -0.3 is 5.32 Å². The van der Waals surface area contributed by atoms with E-state index in [9.17, 15) is 4.79 Å². The number of halogens is 1.